The molecule has 2 heterocycles. The molecule has 4 rings (SSSR count). The van der Waals surface area contributed by atoms with E-state index in [0.717, 1.165) is 10.9 Å². The molecule has 2 aliphatic heterocycles. The lowest BCUT2D eigenvalue weighted by Crippen LogP contribution is -2.65. The van der Waals surface area contributed by atoms with Gasteiger partial charge in [-0.2, -0.15) is 0 Å². The number of halogens is 1. The van der Waals surface area contributed by atoms with Crippen LogP contribution in [0, 0.1) is 0 Å². The molecule has 2 unspecified atom stereocenters. The maximum absolute atomic E-state index is 12.9. The summed E-state index contributed by atoms with van der Waals surface area (Å²) in [4.78, 5) is 14.8. The summed E-state index contributed by atoms with van der Waals surface area (Å²) < 4.78 is 12.3. The fraction of sp³-hybridized carbons (Fsp3) is 0.278. The molecule has 0 aromatic heterocycles. The highest BCUT2D eigenvalue weighted by Gasteiger charge is 2.45. The average molecular weight is 374 g/mol. The van der Waals surface area contributed by atoms with Crippen LogP contribution in [0.5, 0.6) is 11.5 Å². The number of hydrogen-bond acceptors (Lipinski definition) is 3. The van der Waals surface area contributed by atoms with Gasteiger partial charge in [-0.05, 0) is 36.8 Å². The summed E-state index contributed by atoms with van der Waals surface area (Å²) in [5.41, 5.74) is 0.601. The predicted octanol–water partition coefficient (Wildman–Crippen LogP) is 3.85. The normalized spacial score (nSPS) is 22.4. The molecule has 1 amide bonds. The summed E-state index contributed by atoms with van der Waals surface area (Å²) in [5, 5.41) is 0. The highest BCUT2D eigenvalue weighted by molar-refractivity contribution is 9.10. The Morgan fingerprint density at radius 3 is 2.65 bits per heavy atom. The molecule has 23 heavy (non-hydrogen) atoms. The van der Waals surface area contributed by atoms with Gasteiger partial charge in [0.1, 0.15) is 11.5 Å². The molecule has 2 saturated heterocycles. The van der Waals surface area contributed by atoms with E-state index in [4.69, 9.17) is 9.47 Å². The Morgan fingerprint density at radius 2 is 1.91 bits per heavy atom. The van der Waals surface area contributed by atoms with E-state index >= 15 is 0 Å². The summed E-state index contributed by atoms with van der Waals surface area (Å²) in [7, 11) is 0. The average Bonchev–Trinajstić information content (AvgIpc) is 2.56. The smallest absolute Gasteiger partial charge is 0.258 e. The number of carbonyl (C=O) groups excluding carboxylic acids is 1. The standard InChI is InChI=1S/C18H16BrNO3/c19-12-4-3-5-15(8-12)23-17-7-2-1-6-16(17)18(21)20-13-9-14(20)11-22-10-13/h1-8,13-14H,9-11H2. The van der Waals surface area contributed by atoms with Crippen LogP contribution in [0.1, 0.15) is 16.8 Å². The summed E-state index contributed by atoms with van der Waals surface area (Å²) >= 11 is 3.43. The van der Waals surface area contributed by atoms with Crippen molar-refractivity contribution in [1.29, 1.82) is 0 Å². The number of ether oxygens (including phenoxy) is 2. The minimum atomic E-state index is 0.0279. The van der Waals surface area contributed by atoms with E-state index in [2.05, 4.69) is 15.9 Å². The topological polar surface area (TPSA) is 38.8 Å². The van der Waals surface area contributed by atoms with E-state index in [0.29, 0.717) is 30.3 Å². The first-order valence-electron chi connectivity index (χ1n) is 7.65. The first-order chi connectivity index (χ1) is 11.2. The van der Waals surface area contributed by atoms with Crippen molar-refractivity contribution in [2.75, 3.05) is 13.2 Å². The third kappa shape index (κ3) is 2.75. The van der Waals surface area contributed by atoms with Gasteiger partial charge >= 0.3 is 0 Å². The Kier molecular flexibility index (Phi) is 3.83. The number of hydrogen-bond donors (Lipinski definition) is 0. The second kappa shape index (κ2) is 5.98. The highest BCUT2D eigenvalue weighted by Crippen LogP contribution is 2.35. The first kappa shape index (κ1) is 14.7. The molecule has 2 atom stereocenters. The zero-order chi connectivity index (χ0) is 15.8. The highest BCUT2D eigenvalue weighted by atomic mass is 79.9. The molecule has 0 spiro atoms. The molecular weight excluding hydrogens is 358 g/mol. The van der Waals surface area contributed by atoms with Gasteiger partial charge in [-0.15, -0.1) is 0 Å². The van der Waals surface area contributed by atoms with E-state index in [9.17, 15) is 4.79 Å². The number of morpholine rings is 1. The Morgan fingerprint density at radius 1 is 1.13 bits per heavy atom. The van der Waals surface area contributed by atoms with E-state index in [1.807, 2.05) is 53.4 Å². The first-order valence-corrected chi connectivity index (χ1v) is 8.44. The number of amides is 1. The molecule has 0 aliphatic carbocycles. The van der Waals surface area contributed by atoms with Crippen molar-refractivity contribution in [2.45, 2.75) is 18.5 Å². The van der Waals surface area contributed by atoms with Gasteiger partial charge < -0.3 is 14.4 Å². The molecule has 2 bridgehead atoms. The van der Waals surface area contributed by atoms with Crippen LogP contribution in [0.3, 0.4) is 0 Å². The third-order valence-electron chi connectivity index (χ3n) is 4.33. The van der Waals surface area contributed by atoms with Gasteiger partial charge in [0.05, 0.1) is 30.9 Å². The molecule has 2 aliphatic rings. The molecule has 118 valence electrons. The van der Waals surface area contributed by atoms with Crippen molar-refractivity contribution in [3.63, 3.8) is 0 Å². The molecular formula is C18H16BrNO3. The molecule has 2 fully saturated rings. The maximum Gasteiger partial charge on any atom is 0.258 e. The van der Waals surface area contributed by atoms with Crippen LogP contribution < -0.4 is 4.74 Å². The van der Waals surface area contributed by atoms with E-state index in [-0.39, 0.29) is 18.0 Å². The zero-order valence-corrected chi connectivity index (χ0v) is 14.0. The molecule has 2 aromatic carbocycles. The molecule has 0 saturated carbocycles. The minimum Gasteiger partial charge on any atom is -0.456 e. The molecule has 2 aromatic rings. The Labute approximate surface area is 143 Å². The quantitative estimate of drug-likeness (QED) is 0.819. The molecule has 5 heteroatoms. The summed E-state index contributed by atoms with van der Waals surface area (Å²) in [6, 6.07) is 15.4. The summed E-state index contributed by atoms with van der Waals surface area (Å²) in [6.07, 6.45) is 1.04. The fourth-order valence-electron chi connectivity index (χ4n) is 3.20. The van der Waals surface area contributed by atoms with E-state index in [1.54, 1.807) is 0 Å². The van der Waals surface area contributed by atoms with Crippen LogP contribution in [0.15, 0.2) is 53.0 Å². The van der Waals surface area contributed by atoms with Gasteiger partial charge in [0.2, 0.25) is 0 Å². The lowest BCUT2D eigenvalue weighted by Gasteiger charge is -2.52. The monoisotopic (exact) mass is 373 g/mol. The largest absolute Gasteiger partial charge is 0.456 e. The van der Waals surface area contributed by atoms with Crippen molar-refractivity contribution < 1.29 is 14.3 Å². The van der Waals surface area contributed by atoms with Gasteiger partial charge in [0, 0.05) is 4.47 Å². The molecule has 4 nitrogen and oxygen atoms in total. The minimum absolute atomic E-state index is 0.0279. The summed E-state index contributed by atoms with van der Waals surface area (Å²) in [6.45, 7) is 1.27. The van der Waals surface area contributed by atoms with Gasteiger partial charge in [0.25, 0.3) is 5.91 Å². The Hall–Kier alpha value is -1.85. The van der Waals surface area contributed by atoms with Crippen molar-refractivity contribution in [3.8, 4) is 11.5 Å². The van der Waals surface area contributed by atoms with Crippen molar-refractivity contribution >= 4 is 21.8 Å². The van der Waals surface area contributed by atoms with Crippen LogP contribution in [0.25, 0.3) is 0 Å². The predicted molar refractivity (Wildman–Crippen MR) is 89.8 cm³/mol. The van der Waals surface area contributed by atoms with E-state index < -0.39 is 0 Å². The van der Waals surface area contributed by atoms with Gasteiger partial charge in [-0.3, -0.25) is 4.79 Å². The van der Waals surface area contributed by atoms with Gasteiger partial charge in [-0.25, -0.2) is 0 Å². The SMILES string of the molecule is O=C(c1ccccc1Oc1cccc(Br)c1)N1C2COCC1C2. The number of rotatable bonds is 3. The Balaban J connectivity index is 1.61. The van der Waals surface area contributed by atoms with Gasteiger partial charge in [0.15, 0.2) is 0 Å². The van der Waals surface area contributed by atoms with Crippen molar-refractivity contribution in [3.05, 3.63) is 58.6 Å². The molecule has 0 N–H and O–H groups in total. The fourth-order valence-corrected chi connectivity index (χ4v) is 3.58. The second-order valence-corrected chi connectivity index (χ2v) is 6.76. The Bertz CT molecular complexity index is 735. The number of nitrogens with zero attached hydrogens (tertiary/aromatic N) is 1. The van der Waals surface area contributed by atoms with Gasteiger partial charge in [-0.1, -0.05) is 34.1 Å². The number of fused-ring (bicyclic) bond motifs is 2. The lowest BCUT2D eigenvalue weighted by atomic mass is 9.90. The van der Waals surface area contributed by atoms with Crippen LogP contribution in [0.2, 0.25) is 0 Å². The van der Waals surface area contributed by atoms with Crippen molar-refractivity contribution in [2.24, 2.45) is 0 Å². The van der Waals surface area contributed by atoms with Crippen LogP contribution >= 0.6 is 15.9 Å². The number of carbonyl (C=O) groups is 1. The number of benzene rings is 2. The third-order valence-corrected chi connectivity index (χ3v) is 4.82. The van der Waals surface area contributed by atoms with Crippen LogP contribution in [-0.4, -0.2) is 36.1 Å². The lowest BCUT2D eigenvalue weighted by molar-refractivity contribution is -0.104. The maximum atomic E-state index is 12.9. The van der Waals surface area contributed by atoms with Crippen LogP contribution in [0.4, 0.5) is 0 Å². The summed E-state index contributed by atoms with van der Waals surface area (Å²) in [5.74, 6) is 1.31. The molecule has 0 radical (unpaired) electrons. The van der Waals surface area contributed by atoms with Crippen LogP contribution in [-0.2, 0) is 4.74 Å². The zero-order valence-electron chi connectivity index (χ0n) is 12.4. The van der Waals surface area contributed by atoms with E-state index in [1.165, 1.54) is 0 Å². The number of para-hydroxylation sites is 1. The second-order valence-electron chi connectivity index (χ2n) is 5.85. The van der Waals surface area contributed by atoms with Crippen molar-refractivity contribution in [1.82, 2.24) is 4.90 Å².